The van der Waals surface area contributed by atoms with Gasteiger partial charge in [0.15, 0.2) is 0 Å². The van der Waals surface area contributed by atoms with E-state index in [9.17, 15) is 9.59 Å². The molecule has 0 atom stereocenters. The molecule has 0 spiro atoms. The first-order chi connectivity index (χ1) is 14.5. The highest BCUT2D eigenvalue weighted by Crippen LogP contribution is 2.36. The van der Waals surface area contributed by atoms with Crippen LogP contribution in [0.3, 0.4) is 0 Å². The van der Waals surface area contributed by atoms with Crippen molar-refractivity contribution >= 4 is 29.1 Å². The molecule has 0 radical (unpaired) electrons. The van der Waals surface area contributed by atoms with Gasteiger partial charge in [0, 0.05) is 29.8 Å². The first-order valence-electron chi connectivity index (χ1n) is 9.17. The largest absolute Gasteiger partial charge is 0.495 e. The number of carbonyl (C=O) groups excluding carboxylic acids is 2. The van der Waals surface area contributed by atoms with Gasteiger partial charge in [0.05, 0.1) is 24.9 Å². The van der Waals surface area contributed by atoms with Crippen molar-refractivity contribution in [2.24, 2.45) is 0 Å². The van der Waals surface area contributed by atoms with Crippen LogP contribution in [0.25, 0.3) is 0 Å². The lowest BCUT2D eigenvalue weighted by atomic mass is 10.1. The number of amides is 2. The topological polar surface area (TPSA) is 76.7 Å². The van der Waals surface area contributed by atoms with Crippen LogP contribution in [0.2, 0.25) is 5.02 Å². The zero-order valence-electron chi connectivity index (χ0n) is 16.6. The van der Waals surface area contributed by atoms with Crippen LogP contribution in [0.1, 0.15) is 26.3 Å². The zero-order chi connectivity index (χ0) is 21.5. The van der Waals surface area contributed by atoms with Gasteiger partial charge in [0.25, 0.3) is 11.8 Å². The monoisotopic (exact) mass is 424 g/mol. The van der Waals surface area contributed by atoms with Crippen molar-refractivity contribution < 1.29 is 19.1 Å². The molecule has 0 saturated heterocycles. The van der Waals surface area contributed by atoms with Gasteiger partial charge in [-0.25, -0.2) is 0 Å². The molecule has 0 aliphatic rings. The van der Waals surface area contributed by atoms with E-state index in [4.69, 9.17) is 21.1 Å². The van der Waals surface area contributed by atoms with E-state index in [1.165, 1.54) is 14.2 Å². The summed E-state index contributed by atoms with van der Waals surface area (Å²) in [6.45, 7) is 0.359. The Morgan fingerprint density at radius 1 is 0.833 bits per heavy atom. The fraction of sp³-hybridized carbons (Fsp3) is 0.130. The molecule has 3 aromatic carbocycles. The zero-order valence-corrected chi connectivity index (χ0v) is 17.3. The highest BCUT2D eigenvalue weighted by atomic mass is 35.5. The number of hydrogen-bond acceptors (Lipinski definition) is 4. The van der Waals surface area contributed by atoms with E-state index >= 15 is 0 Å². The minimum absolute atomic E-state index is 0.152. The van der Waals surface area contributed by atoms with Crippen molar-refractivity contribution in [1.82, 2.24) is 5.32 Å². The molecule has 0 aliphatic carbocycles. The smallest absolute Gasteiger partial charge is 0.255 e. The Bertz CT molecular complexity index is 1040. The van der Waals surface area contributed by atoms with Crippen LogP contribution in [0.5, 0.6) is 11.5 Å². The van der Waals surface area contributed by atoms with Crippen LogP contribution in [-0.2, 0) is 6.54 Å². The van der Waals surface area contributed by atoms with Crippen molar-refractivity contribution in [3.05, 3.63) is 88.4 Å². The number of halogens is 1. The summed E-state index contributed by atoms with van der Waals surface area (Å²) >= 11 is 6.09. The van der Waals surface area contributed by atoms with Crippen LogP contribution in [0.15, 0.2) is 66.7 Å². The maximum Gasteiger partial charge on any atom is 0.255 e. The molecule has 7 heteroatoms. The molecular formula is C23H21ClN2O4. The standard InChI is InChI=1S/C23H21ClN2O4/c1-29-20-13-19(21(30-2)12-18(20)24)26-23(28)17-10-8-15(9-11-17)14-25-22(27)16-6-4-3-5-7-16/h3-13H,14H2,1-2H3,(H,25,27)(H,26,28). The Morgan fingerprint density at radius 3 is 2.10 bits per heavy atom. The van der Waals surface area contributed by atoms with Crippen molar-refractivity contribution in [2.75, 3.05) is 19.5 Å². The second kappa shape index (κ2) is 9.80. The highest BCUT2D eigenvalue weighted by molar-refractivity contribution is 6.32. The Balaban J connectivity index is 1.65. The van der Waals surface area contributed by atoms with Crippen molar-refractivity contribution in [3.63, 3.8) is 0 Å². The molecule has 2 amide bonds. The summed E-state index contributed by atoms with van der Waals surface area (Å²) in [5.41, 5.74) is 2.38. The molecule has 0 aromatic heterocycles. The maximum absolute atomic E-state index is 12.6. The van der Waals surface area contributed by atoms with Crippen LogP contribution >= 0.6 is 11.6 Å². The fourth-order valence-corrected chi connectivity index (χ4v) is 3.03. The van der Waals surface area contributed by atoms with Gasteiger partial charge in [0.1, 0.15) is 11.5 Å². The Hall–Kier alpha value is -3.51. The Kier molecular flexibility index (Phi) is 6.93. The van der Waals surface area contributed by atoms with Gasteiger partial charge in [-0.15, -0.1) is 0 Å². The third-order valence-corrected chi connectivity index (χ3v) is 4.72. The quantitative estimate of drug-likeness (QED) is 0.583. The van der Waals surface area contributed by atoms with Crippen LogP contribution in [0.4, 0.5) is 5.69 Å². The summed E-state index contributed by atoms with van der Waals surface area (Å²) in [7, 11) is 2.99. The lowest BCUT2D eigenvalue weighted by Crippen LogP contribution is -2.22. The number of rotatable bonds is 7. The minimum Gasteiger partial charge on any atom is -0.495 e. The number of carbonyl (C=O) groups is 2. The molecule has 0 saturated carbocycles. The molecule has 0 fully saturated rings. The summed E-state index contributed by atoms with van der Waals surface area (Å²) in [5.74, 6) is 0.394. The molecule has 2 N–H and O–H groups in total. The first kappa shape index (κ1) is 21.2. The second-order valence-corrected chi connectivity index (χ2v) is 6.79. The predicted molar refractivity (Wildman–Crippen MR) is 117 cm³/mol. The molecule has 154 valence electrons. The van der Waals surface area contributed by atoms with E-state index < -0.39 is 0 Å². The second-order valence-electron chi connectivity index (χ2n) is 6.39. The summed E-state index contributed by atoms with van der Waals surface area (Å²) in [5, 5.41) is 6.04. The molecule has 0 aliphatic heterocycles. The number of methoxy groups -OCH3 is 2. The van der Waals surface area contributed by atoms with Crippen LogP contribution in [-0.4, -0.2) is 26.0 Å². The van der Waals surface area contributed by atoms with Gasteiger partial charge in [-0.1, -0.05) is 41.9 Å². The van der Waals surface area contributed by atoms with Gasteiger partial charge < -0.3 is 20.1 Å². The maximum atomic E-state index is 12.6. The molecule has 3 rings (SSSR count). The summed E-state index contributed by atoms with van der Waals surface area (Å²) in [4.78, 5) is 24.7. The van der Waals surface area contributed by atoms with Crippen molar-refractivity contribution in [3.8, 4) is 11.5 Å². The number of benzene rings is 3. The Morgan fingerprint density at radius 2 is 1.47 bits per heavy atom. The number of nitrogens with one attached hydrogen (secondary N) is 2. The number of hydrogen-bond donors (Lipinski definition) is 2. The summed E-state index contributed by atoms with van der Waals surface area (Å²) in [6, 6.07) is 19.1. The molecule has 0 heterocycles. The van der Waals surface area contributed by atoms with E-state index in [-0.39, 0.29) is 11.8 Å². The first-order valence-corrected chi connectivity index (χ1v) is 9.54. The number of anilines is 1. The van der Waals surface area contributed by atoms with Crippen LogP contribution in [0, 0.1) is 0 Å². The highest BCUT2D eigenvalue weighted by Gasteiger charge is 2.14. The van der Waals surface area contributed by atoms with Gasteiger partial charge in [-0.3, -0.25) is 9.59 Å². The lowest BCUT2D eigenvalue weighted by Gasteiger charge is -2.13. The average Bonchev–Trinajstić information content (AvgIpc) is 2.79. The predicted octanol–water partition coefficient (Wildman–Crippen LogP) is 4.54. The summed E-state index contributed by atoms with van der Waals surface area (Å²) in [6.07, 6.45) is 0. The normalized spacial score (nSPS) is 10.2. The van der Waals surface area contributed by atoms with E-state index in [2.05, 4.69) is 10.6 Å². The SMILES string of the molecule is COc1cc(NC(=O)c2ccc(CNC(=O)c3ccccc3)cc2)c(OC)cc1Cl. The van der Waals surface area contributed by atoms with Gasteiger partial charge >= 0.3 is 0 Å². The molecule has 30 heavy (non-hydrogen) atoms. The van der Waals surface area contributed by atoms with E-state index in [1.807, 2.05) is 18.2 Å². The van der Waals surface area contributed by atoms with Gasteiger partial charge in [0.2, 0.25) is 0 Å². The minimum atomic E-state index is -0.308. The third-order valence-electron chi connectivity index (χ3n) is 4.43. The van der Waals surface area contributed by atoms with Crippen LogP contribution < -0.4 is 20.1 Å². The average molecular weight is 425 g/mol. The third kappa shape index (κ3) is 5.10. The van der Waals surface area contributed by atoms with Crippen molar-refractivity contribution in [2.45, 2.75) is 6.54 Å². The lowest BCUT2D eigenvalue weighted by molar-refractivity contribution is 0.0949. The molecule has 3 aromatic rings. The molecule has 0 unspecified atom stereocenters. The molecular weight excluding hydrogens is 404 g/mol. The number of ether oxygens (including phenoxy) is 2. The van der Waals surface area contributed by atoms with E-state index in [0.717, 1.165) is 5.56 Å². The van der Waals surface area contributed by atoms with E-state index in [0.29, 0.717) is 39.9 Å². The van der Waals surface area contributed by atoms with Crippen molar-refractivity contribution in [1.29, 1.82) is 0 Å². The van der Waals surface area contributed by atoms with E-state index in [1.54, 1.807) is 48.5 Å². The van der Waals surface area contributed by atoms with Gasteiger partial charge in [-0.2, -0.15) is 0 Å². The fourth-order valence-electron chi connectivity index (χ4n) is 2.80. The Labute approximate surface area is 179 Å². The van der Waals surface area contributed by atoms with Gasteiger partial charge in [-0.05, 0) is 29.8 Å². The summed E-state index contributed by atoms with van der Waals surface area (Å²) < 4.78 is 10.5. The molecule has 0 bridgehead atoms. The molecule has 6 nitrogen and oxygen atoms in total.